The molecule has 0 aromatic heterocycles. The second kappa shape index (κ2) is 9.70. The summed E-state index contributed by atoms with van der Waals surface area (Å²) in [7, 11) is 0. The maximum absolute atomic E-state index is 14.8. The summed E-state index contributed by atoms with van der Waals surface area (Å²) < 4.78 is 0. The van der Waals surface area contributed by atoms with Crippen LogP contribution in [0.15, 0.2) is 72.8 Å². The minimum absolute atomic E-state index is 0.0810. The van der Waals surface area contributed by atoms with Crippen LogP contribution in [0.25, 0.3) is 6.08 Å². The number of anilines is 2. The highest BCUT2D eigenvalue weighted by Gasteiger charge is 2.70. The first-order valence-corrected chi connectivity index (χ1v) is 14.7. The van der Waals surface area contributed by atoms with Crippen molar-refractivity contribution in [2.45, 2.75) is 58.5 Å². The van der Waals surface area contributed by atoms with Crippen LogP contribution in [0.1, 0.15) is 61.7 Å². The summed E-state index contributed by atoms with van der Waals surface area (Å²) in [5, 5.41) is 3.66. The molecule has 41 heavy (non-hydrogen) atoms. The maximum atomic E-state index is 14.8. The molecular weight excluding hydrogens is 532 g/mol. The lowest BCUT2D eigenvalue weighted by Gasteiger charge is -2.38. The van der Waals surface area contributed by atoms with Gasteiger partial charge in [0.25, 0.3) is 0 Å². The van der Waals surface area contributed by atoms with Crippen molar-refractivity contribution in [3.63, 3.8) is 0 Å². The van der Waals surface area contributed by atoms with Gasteiger partial charge in [-0.25, -0.2) is 0 Å². The topological polar surface area (TPSA) is 66.5 Å². The molecular formula is C35H35ClN2O3. The molecule has 0 bridgehead atoms. The number of nitrogens with one attached hydrogen (secondary N) is 1. The smallest absolute Gasteiger partial charge is 0.238 e. The molecule has 4 atom stereocenters. The standard InChI is InChI=1S/C35H35ClN2O3/c1-20(2)18-21-10-12-22(13-11-21)31(39)29-30(32(40)34(3,4)5)38-27-16-15-24(36)19-23(27)14-17-28(38)35(29)25-8-6-7-9-26(25)37-33(35)41/h6-17,19-20,28-30H,18H2,1-5H3,(H,37,41)/t28-,29-,30+,35+/m1/s1. The van der Waals surface area contributed by atoms with Gasteiger partial charge in [-0.15, -0.1) is 0 Å². The molecule has 1 saturated heterocycles. The Hall–Kier alpha value is -3.70. The first-order valence-electron chi connectivity index (χ1n) is 14.3. The molecule has 5 nitrogen and oxygen atoms in total. The predicted molar refractivity (Wildman–Crippen MR) is 165 cm³/mol. The summed E-state index contributed by atoms with van der Waals surface area (Å²) in [6, 6.07) is 19.4. The number of rotatable bonds is 5. The van der Waals surface area contributed by atoms with Crippen LogP contribution in [0.3, 0.4) is 0 Å². The van der Waals surface area contributed by atoms with Gasteiger partial charge in [-0.05, 0) is 53.3 Å². The molecule has 3 aromatic carbocycles. The van der Waals surface area contributed by atoms with E-state index in [1.807, 2.05) is 98.5 Å². The van der Waals surface area contributed by atoms with Crippen molar-refractivity contribution in [2.75, 3.05) is 10.2 Å². The number of fused-ring (bicyclic) bond motifs is 6. The number of carbonyl (C=O) groups excluding carboxylic acids is 3. The second-order valence-corrected chi connectivity index (χ2v) is 13.4. The number of para-hydroxylation sites is 1. The number of nitrogens with zero attached hydrogens (tertiary/aromatic N) is 1. The first kappa shape index (κ1) is 27.5. The maximum Gasteiger partial charge on any atom is 0.238 e. The monoisotopic (exact) mass is 566 g/mol. The van der Waals surface area contributed by atoms with E-state index >= 15 is 0 Å². The summed E-state index contributed by atoms with van der Waals surface area (Å²) in [5.41, 5.74) is 2.67. The molecule has 6 heteroatoms. The third kappa shape index (κ3) is 4.16. The largest absolute Gasteiger partial charge is 0.352 e. The summed E-state index contributed by atoms with van der Waals surface area (Å²) in [6.45, 7) is 9.96. The molecule has 0 unspecified atom stereocenters. The molecule has 3 aromatic rings. The Morgan fingerprint density at radius 2 is 1.73 bits per heavy atom. The molecule has 1 fully saturated rings. The molecule has 1 N–H and O–H groups in total. The fourth-order valence-electron chi connectivity index (χ4n) is 7.05. The van der Waals surface area contributed by atoms with Crippen molar-refractivity contribution < 1.29 is 14.4 Å². The van der Waals surface area contributed by atoms with Crippen LogP contribution in [0.2, 0.25) is 5.02 Å². The van der Waals surface area contributed by atoms with Gasteiger partial charge in [-0.2, -0.15) is 0 Å². The van der Waals surface area contributed by atoms with Crippen LogP contribution in [0, 0.1) is 17.3 Å². The van der Waals surface area contributed by atoms with E-state index in [9.17, 15) is 14.4 Å². The SMILES string of the molecule is CC(C)Cc1ccc(C(=O)[C@H]2[C@@H](C(=O)C(C)(C)C)N3c4ccc(Cl)cc4C=C[C@@H]3[C@]23C(=O)Nc2ccccc23)cc1. The Bertz CT molecular complexity index is 1600. The van der Waals surface area contributed by atoms with Crippen molar-refractivity contribution in [3.8, 4) is 0 Å². The van der Waals surface area contributed by atoms with Crippen LogP contribution >= 0.6 is 11.6 Å². The number of ketones is 2. The minimum Gasteiger partial charge on any atom is -0.352 e. The summed E-state index contributed by atoms with van der Waals surface area (Å²) in [6.07, 6.45) is 4.84. The number of hydrogen-bond acceptors (Lipinski definition) is 4. The fraction of sp³-hybridized carbons (Fsp3) is 0.343. The average Bonchev–Trinajstić information content (AvgIpc) is 3.39. The van der Waals surface area contributed by atoms with Gasteiger partial charge in [0.05, 0.1) is 12.0 Å². The van der Waals surface area contributed by atoms with Gasteiger partial charge in [0.1, 0.15) is 11.5 Å². The zero-order chi connectivity index (χ0) is 29.3. The number of hydrogen-bond donors (Lipinski definition) is 1. The molecule has 210 valence electrons. The zero-order valence-electron chi connectivity index (χ0n) is 24.1. The summed E-state index contributed by atoms with van der Waals surface area (Å²) in [4.78, 5) is 45.7. The van der Waals surface area contributed by atoms with Crippen LogP contribution < -0.4 is 10.2 Å². The molecule has 0 saturated carbocycles. The lowest BCUT2D eigenvalue weighted by molar-refractivity contribution is -0.128. The van der Waals surface area contributed by atoms with Crippen molar-refractivity contribution in [2.24, 2.45) is 17.3 Å². The molecule has 6 rings (SSSR count). The quantitative estimate of drug-likeness (QED) is 0.334. The summed E-state index contributed by atoms with van der Waals surface area (Å²) >= 11 is 6.37. The molecule has 0 radical (unpaired) electrons. The summed E-state index contributed by atoms with van der Waals surface area (Å²) in [5.74, 6) is -1.00. The van der Waals surface area contributed by atoms with E-state index in [1.54, 1.807) is 6.07 Å². The van der Waals surface area contributed by atoms with Gasteiger partial charge in [0.15, 0.2) is 11.6 Å². The average molecular weight is 567 g/mol. The number of benzene rings is 3. The highest BCUT2D eigenvalue weighted by molar-refractivity contribution is 6.31. The van der Waals surface area contributed by atoms with Crippen LogP contribution in [0.5, 0.6) is 0 Å². The molecule has 3 aliphatic rings. The van der Waals surface area contributed by atoms with Crippen molar-refractivity contribution in [1.29, 1.82) is 0 Å². The fourth-order valence-corrected chi connectivity index (χ4v) is 7.23. The lowest BCUT2D eigenvalue weighted by Crippen LogP contribution is -2.51. The van der Waals surface area contributed by atoms with E-state index in [1.165, 1.54) is 0 Å². The van der Waals surface area contributed by atoms with Gasteiger partial charge >= 0.3 is 0 Å². The number of amides is 1. The predicted octanol–water partition coefficient (Wildman–Crippen LogP) is 7.13. The van der Waals surface area contributed by atoms with E-state index in [2.05, 4.69) is 19.2 Å². The second-order valence-electron chi connectivity index (χ2n) is 13.0. The van der Waals surface area contributed by atoms with Crippen molar-refractivity contribution in [1.82, 2.24) is 0 Å². The highest BCUT2D eigenvalue weighted by atomic mass is 35.5. The Morgan fingerprint density at radius 3 is 2.41 bits per heavy atom. The molecule has 1 amide bonds. The Labute approximate surface area is 246 Å². The molecule has 1 spiro atoms. The van der Waals surface area contributed by atoms with E-state index in [-0.39, 0.29) is 17.5 Å². The van der Waals surface area contributed by atoms with E-state index < -0.39 is 28.8 Å². The van der Waals surface area contributed by atoms with Crippen molar-refractivity contribution in [3.05, 3.63) is 100 Å². The third-order valence-corrected chi connectivity index (χ3v) is 9.00. The van der Waals surface area contributed by atoms with E-state index in [4.69, 9.17) is 11.6 Å². The van der Waals surface area contributed by atoms with Crippen LogP contribution in [-0.2, 0) is 21.4 Å². The minimum atomic E-state index is -1.30. The first-order chi connectivity index (χ1) is 19.4. The molecule has 3 heterocycles. The van der Waals surface area contributed by atoms with Gasteiger partial charge < -0.3 is 10.2 Å². The number of halogens is 1. The lowest BCUT2D eigenvalue weighted by atomic mass is 9.63. The van der Waals surface area contributed by atoms with Gasteiger partial charge in [0.2, 0.25) is 5.91 Å². The normalized spacial score (nSPS) is 24.3. The third-order valence-electron chi connectivity index (χ3n) is 8.77. The van der Waals surface area contributed by atoms with Crippen LogP contribution in [-0.4, -0.2) is 29.6 Å². The van der Waals surface area contributed by atoms with Crippen LogP contribution in [0.4, 0.5) is 11.4 Å². The van der Waals surface area contributed by atoms with E-state index in [0.29, 0.717) is 22.2 Å². The van der Waals surface area contributed by atoms with Crippen molar-refractivity contribution >= 4 is 46.5 Å². The highest BCUT2D eigenvalue weighted by Crippen LogP contribution is 2.58. The zero-order valence-corrected chi connectivity index (χ0v) is 24.8. The molecule has 0 aliphatic carbocycles. The van der Waals surface area contributed by atoms with Gasteiger partial charge in [-0.3, -0.25) is 14.4 Å². The Balaban J connectivity index is 1.62. The number of carbonyl (C=O) groups is 3. The Morgan fingerprint density at radius 1 is 1.02 bits per heavy atom. The van der Waals surface area contributed by atoms with Gasteiger partial charge in [-0.1, -0.05) is 101 Å². The number of Topliss-reactive ketones (excluding diaryl/α,β-unsaturated/α-hetero) is 2. The van der Waals surface area contributed by atoms with Gasteiger partial charge in [0, 0.05) is 27.4 Å². The molecule has 3 aliphatic heterocycles. The van der Waals surface area contributed by atoms with E-state index in [0.717, 1.165) is 28.8 Å². The Kier molecular flexibility index (Phi) is 6.50.